The number of benzene rings is 4. The lowest BCUT2D eigenvalue weighted by Crippen LogP contribution is -2.11. The normalized spacial score (nSPS) is 14.3. The molecule has 2 N–H and O–H groups in total. The van der Waals surface area contributed by atoms with Gasteiger partial charge in [0.25, 0.3) is 0 Å². The van der Waals surface area contributed by atoms with Gasteiger partial charge in [-0.2, -0.15) is 0 Å². The predicted octanol–water partition coefficient (Wildman–Crippen LogP) is 7.72. The molecule has 4 heteroatoms. The molecule has 0 fully saturated rings. The quantitative estimate of drug-likeness (QED) is 0.255. The summed E-state index contributed by atoms with van der Waals surface area (Å²) in [6.45, 7) is 0. The van der Waals surface area contributed by atoms with Crippen LogP contribution < -0.4 is 9.47 Å². The Balaban J connectivity index is 1.51. The van der Waals surface area contributed by atoms with Crippen LogP contribution in [0.5, 0.6) is 23.0 Å². The number of fused-ring (bicyclic) bond motifs is 2. The molecule has 0 atom stereocenters. The van der Waals surface area contributed by atoms with Crippen LogP contribution in [-0.4, -0.2) is 24.4 Å². The second-order valence-electron chi connectivity index (χ2n) is 11.3. The first-order chi connectivity index (χ1) is 19.6. The SMILES string of the molecule is COc1ccc(Cc2cc3c(c(-c4c(O)c(Cc5ccc(OC)cc5)cc5c4CCCC5)c2O)CCCC3)cc1. The Bertz CT molecular complexity index is 1400. The fourth-order valence-corrected chi connectivity index (χ4v) is 6.65. The summed E-state index contributed by atoms with van der Waals surface area (Å²) in [5.41, 5.74) is 10.9. The van der Waals surface area contributed by atoms with Gasteiger partial charge in [-0.25, -0.2) is 0 Å². The molecular weight excluding hydrogens is 496 g/mol. The molecule has 0 saturated heterocycles. The highest BCUT2D eigenvalue weighted by Gasteiger charge is 2.28. The fourth-order valence-electron chi connectivity index (χ4n) is 6.65. The van der Waals surface area contributed by atoms with E-state index in [2.05, 4.69) is 36.4 Å². The highest BCUT2D eigenvalue weighted by Crippen LogP contribution is 2.49. The molecule has 0 spiro atoms. The third-order valence-electron chi connectivity index (χ3n) is 8.76. The van der Waals surface area contributed by atoms with Gasteiger partial charge in [0.1, 0.15) is 23.0 Å². The van der Waals surface area contributed by atoms with Gasteiger partial charge in [-0.1, -0.05) is 36.4 Å². The van der Waals surface area contributed by atoms with Crippen molar-refractivity contribution < 1.29 is 19.7 Å². The van der Waals surface area contributed by atoms with E-state index in [1.54, 1.807) is 14.2 Å². The number of hydrogen-bond donors (Lipinski definition) is 2. The van der Waals surface area contributed by atoms with E-state index in [0.717, 1.165) is 96.2 Å². The van der Waals surface area contributed by atoms with Crippen LogP contribution >= 0.6 is 0 Å². The smallest absolute Gasteiger partial charge is 0.127 e. The molecule has 4 aromatic carbocycles. The maximum absolute atomic E-state index is 12.0. The van der Waals surface area contributed by atoms with Gasteiger partial charge in [0, 0.05) is 24.0 Å². The second-order valence-corrected chi connectivity index (χ2v) is 11.3. The Morgan fingerprint density at radius 1 is 0.550 bits per heavy atom. The Labute approximate surface area is 237 Å². The van der Waals surface area contributed by atoms with Gasteiger partial charge in [-0.15, -0.1) is 0 Å². The van der Waals surface area contributed by atoms with Gasteiger partial charge in [0.2, 0.25) is 0 Å². The summed E-state index contributed by atoms with van der Waals surface area (Å²) in [5.74, 6) is 2.29. The molecule has 2 aliphatic carbocycles. The van der Waals surface area contributed by atoms with Crippen molar-refractivity contribution in [1.82, 2.24) is 0 Å². The predicted molar refractivity (Wildman–Crippen MR) is 160 cm³/mol. The first-order valence-corrected chi connectivity index (χ1v) is 14.5. The molecule has 206 valence electrons. The summed E-state index contributed by atoms with van der Waals surface area (Å²) in [5, 5.41) is 23.9. The zero-order valence-electron chi connectivity index (χ0n) is 23.6. The van der Waals surface area contributed by atoms with Crippen LogP contribution in [0.15, 0.2) is 60.7 Å². The number of rotatable bonds is 7. The van der Waals surface area contributed by atoms with Crippen LogP contribution in [0.25, 0.3) is 11.1 Å². The van der Waals surface area contributed by atoms with Crippen LogP contribution in [0, 0.1) is 0 Å². The first kappa shape index (κ1) is 26.3. The Morgan fingerprint density at radius 3 is 1.30 bits per heavy atom. The van der Waals surface area contributed by atoms with E-state index in [1.165, 1.54) is 22.3 Å². The molecule has 4 aromatic rings. The Hall–Kier alpha value is -3.92. The molecule has 40 heavy (non-hydrogen) atoms. The zero-order chi connectivity index (χ0) is 27.6. The molecule has 0 radical (unpaired) electrons. The summed E-state index contributed by atoms with van der Waals surface area (Å²) in [6, 6.07) is 20.5. The van der Waals surface area contributed by atoms with Gasteiger partial charge < -0.3 is 19.7 Å². The largest absolute Gasteiger partial charge is 0.507 e. The van der Waals surface area contributed by atoms with Crippen molar-refractivity contribution in [3.05, 3.63) is 105 Å². The minimum absolute atomic E-state index is 0.320. The van der Waals surface area contributed by atoms with Crippen LogP contribution in [-0.2, 0) is 38.5 Å². The fraction of sp³-hybridized carbons (Fsp3) is 0.333. The van der Waals surface area contributed by atoms with Gasteiger partial charge >= 0.3 is 0 Å². The second kappa shape index (κ2) is 11.3. The van der Waals surface area contributed by atoms with Crippen LogP contribution in [0.1, 0.15) is 70.2 Å². The average molecular weight is 535 g/mol. The lowest BCUT2D eigenvalue weighted by molar-refractivity contribution is 0.414. The van der Waals surface area contributed by atoms with E-state index >= 15 is 0 Å². The Kier molecular flexibility index (Phi) is 7.42. The van der Waals surface area contributed by atoms with Gasteiger partial charge in [0.05, 0.1) is 14.2 Å². The number of methoxy groups -OCH3 is 2. The van der Waals surface area contributed by atoms with Crippen LogP contribution in [0.4, 0.5) is 0 Å². The van der Waals surface area contributed by atoms with Crippen molar-refractivity contribution in [2.45, 2.75) is 64.2 Å². The van der Waals surface area contributed by atoms with Crippen molar-refractivity contribution in [2.75, 3.05) is 14.2 Å². The van der Waals surface area contributed by atoms with E-state index < -0.39 is 0 Å². The molecule has 0 heterocycles. The molecule has 0 aromatic heterocycles. The van der Waals surface area contributed by atoms with Gasteiger partial charge in [-0.3, -0.25) is 0 Å². The van der Waals surface area contributed by atoms with Crippen LogP contribution in [0.3, 0.4) is 0 Å². The number of phenols is 2. The lowest BCUT2D eigenvalue weighted by Gasteiger charge is -2.28. The number of aryl methyl sites for hydroxylation is 2. The molecule has 6 rings (SSSR count). The molecule has 0 aliphatic heterocycles. The zero-order valence-corrected chi connectivity index (χ0v) is 23.6. The molecule has 4 nitrogen and oxygen atoms in total. The van der Waals surface area contributed by atoms with Gasteiger partial charge in [0.15, 0.2) is 0 Å². The summed E-state index contributed by atoms with van der Waals surface area (Å²) in [6.07, 6.45) is 9.64. The van der Waals surface area contributed by atoms with Crippen LogP contribution in [0.2, 0.25) is 0 Å². The third kappa shape index (κ3) is 5.03. The average Bonchev–Trinajstić information content (AvgIpc) is 2.99. The summed E-state index contributed by atoms with van der Waals surface area (Å²) < 4.78 is 10.7. The number of aromatic hydroxyl groups is 2. The van der Waals surface area contributed by atoms with Crippen molar-refractivity contribution >= 4 is 0 Å². The topological polar surface area (TPSA) is 58.9 Å². The highest BCUT2D eigenvalue weighted by atomic mass is 16.5. The lowest BCUT2D eigenvalue weighted by atomic mass is 9.77. The maximum atomic E-state index is 12.0. The number of ether oxygens (including phenoxy) is 2. The monoisotopic (exact) mass is 534 g/mol. The molecule has 0 amide bonds. The first-order valence-electron chi connectivity index (χ1n) is 14.5. The van der Waals surface area contributed by atoms with E-state index in [-0.39, 0.29) is 0 Å². The number of phenolic OH excluding ortho intramolecular Hbond substituents is 2. The maximum Gasteiger partial charge on any atom is 0.127 e. The molecule has 0 saturated carbocycles. The van der Waals surface area contributed by atoms with E-state index in [0.29, 0.717) is 24.3 Å². The summed E-state index contributed by atoms with van der Waals surface area (Å²) >= 11 is 0. The molecule has 0 unspecified atom stereocenters. The summed E-state index contributed by atoms with van der Waals surface area (Å²) in [7, 11) is 3.35. The van der Waals surface area contributed by atoms with E-state index in [4.69, 9.17) is 9.47 Å². The molecular formula is C36H38O4. The van der Waals surface area contributed by atoms with E-state index in [1.807, 2.05) is 24.3 Å². The molecule has 0 bridgehead atoms. The Morgan fingerprint density at radius 2 is 0.925 bits per heavy atom. The van der Waals surface area contributed by atoms with Crippen molar-refractivity contribution in [1.29, 1.82) is 0 Å². The van der Waals surface area contributed by atoms with Crippen molar-refractivity contribution in [3.63, 3.8) is 0 Å². The standard InChI is InChI=1S/C36H38O4/c1-39-29-15-11-23(12-16-29)19-27-21-25-7-3-5-9-31(25)33(35(27)37)34-32-10-6-4-8-26(32)22-28(36(34)38)20-24-13-17-30(40-2)18-14-24/h11-18,21-22,37-38H,3-10,19-20H2,1-2H3. The minimum Gasteiger partial charge on any atom is -0.507 e. The van der Waals surface area contributed by atoms with Crippen molar-refractivity contribution in [3.8, 4) is 34.1 Å². The van der Waals surface area contributed by atoms with E-state index in [9.17, 15) is 10.2 Å². The minimum atomic E-state index is 0.320. The molecule has 2 aliphatic rings. The summed E-state index contributed by atoms with van der Waals surface area (Å²) in [4.78, 5) is 0. The third-order valence-corrected chi connectivity index (χ3v) is 8.76. The van der Waals surface area contributed by atoms with Gasteiger partial charge in [-0.05, 0) is 120 Å². The highest BCUT2D eigenvalue weighted by molar-refractivity contribution is 5.85. The van der Waals surface area contributed by atoms with Crippen molar-refractivity contribution in [2.24, 2.45) is 0 Å². The number of hydrogen-bond acceptors (Lipinski definition) is 4.